The molecule has 0 amide bonds. The van der Waals surface area contributed by atoms with Crippen LogP contribution in [0.5, 0.6) is 5.75 Å². The summed E-state index contributed by atoms with van der Waals surface area (Å²) in [5.74, 6) is -0.832. The van der Waals surface area contributed by atoms with E-state index >= 15 is 0 Å². The molecule has 1 heterocycles. The molecule has 2 aromatic carbocycles. The van der Waals surface area contributed by atoms with Gasteiger partial charge < -0.3 is 15.0 Å². The molecule has 1 fully saturated rings. The van der Waals surface area contributed by atoms with Gasteiger partial charge in [0.15, 0.2) is 16.7 Å². The molecule has 1 aliphatic rings. The summed E-state index contributed by atoms with van der Waals surface area (Å²) >= 11 is 5.50. The maximum atomic E-state index is 13.8. The van der Waals surface area contributed by atoms with E-state index in [-0.39, 0.29) is 0 Å². The Balaban J connectivity index is 1.55. The quantitative estimate of drug-likeness (QED) is 0.824. The highest BCUT2D eigenvalue weighted by Crippen LogP contribution is 2.23. The predicted molar refractivity (Wildman–Crippen MR) is 102 cm³/mol. The lowest BCUT2D eigenvalue weighted by molar-refractivity contribution is 0.175. The molecule has 0 spiro atoms. The number of methoxy groups -OCH3 is 1. The second-order valence-corrected chi connectivity index (χ2v) is 6.49. The van der Waals surface area contributed by atoms with Gasteiger partial charge in [-0.1, -0.05) is 24.3 Å². The molecule has 0 aliphatic carbocycles. The Morgan fingerprint density at radius 1 is 1.08 bits per heavy atom. The van der Waals surface area contributed by atoms with Gasteiger partial charge in [0.2, 0.25) is 0 Å². The molecule has 7 heteroatoms. The fourth-order valence-electron chi connectivity index (χ4n) is 2.96. The number of hydrogen-bond acceptors (Lipinski definition) is 3. The van der Waals surface area contributed by atoms with Crippen molar-refractivity contribution in [1.82, 2.24) is 9.80 Å². The van der Waals surface area contributed by atoms with Gasteiger partial charge in [-0.3, -0.25) is 4.90 Å². The molecule has 0 atom stereocenters. The maximum Gasteiger partial charge on any atom is 0.173 e. The second-order valence-electron chi connectivity index (χ2n) is 6.11. The number of thiocarbonyl (C=S) groups is 1. The average Bonchev–Trinajstić information content (AvgIpc) is 2.66. The van der Waals surface area contributed by atoms with Crippen molar-refractivity contribution in [3.63, 3.8) is 0 Å². The third-order valence-corrected chi connectivity index (χ3v) is 4.79. The second kappa shape index (κ2) is 8.42. The first kappa shape index (κ1) is 18.5. The number of anilines is 1. The summed E-state index contributed by atoms with van der Waals surface area (Å²) in [7, 11) is 1.62. The molecule has 138 valence electrons. The van der Waals surface area contributed by atoms with Crippen molar-refractivity contribution in [2.75, 3.05) is 38.6 Å². The Hall–Kier alpha value is -2.25. The van der Waals surface area contributed by atoms with Crippen LogP contribution < -0.4 is 10.1 Å². The van der Waals surface area contributed by atoms with Gasteiger partial charge in [-0.2, -0.15) is 0 Å². The number of nitrogens with zero attached hydrogens (tertiary/aromatic N) is 2. The van der Waals surface area contributed by atoms with Crippen molar-refractivity contribution >= 4 is 23.0 Å². The van der Waals surface area contributed by atoms with Crippen molar-refractivity contribution in [3.8, 4) is 5.75 Å². The molecule has 1 aliphatic heterocycles. The number of halogens is 2. The fourth-order valence-corrected chi connectivity index (χ4v) is 3.26. The van der Waals surface area contributed by atoms with Gasteiger partial charge in [-0.25, -0.2) is 8.78 Å². The van der Waals surface area contributed by atoms with E-state index in [4.69, 9.17) is 17.0 Å². The highest BCUT2D eigenvalue weighted by Gasteiger charge is 2.21. The van der Waals surface area contributed by atoms with Gasteiger partial charge in [0.05, 0.1) is 12.8 Å². The summed E-state index contributed by atoms with van der Waals surface area (Å²) in [5.41, 5.74) is 1.21. The van der Waals surface area contributed by atoms with Crippen LogP contribution in [0.2, 0.25) is 0 Å². The number of hydrogen-bond donors (Lipinski definition) is 1. The number of rotatable bonds is 4. The lowest BCUT2D eigenvalue weighted by Crippen LogP contribution is -2.49. The molecule has 0 unspecified atom stereocenters. The van der Waals surface area contributed by atoms with Crippen molar-refractivity contribution in [1.29, 1.82) is 0 Å². The van der Waals surface area contributed by atoms with Gasteiger partial charge in [0, 0.05) is 38.3 Å². The number of piperazine rings is 1. The number of nitrogens with one attached hydrogen (secondary N) is 1. The van der Waals surface area contributed by atoms with Crippen molar-refractivity contribution < 1.29 is 13.5 Å². The van der Waals surface area contributed by atoms with Crippen LogP contribution in [0.4, 0.5) is 14.5 Å². The number of ether oxygens (including phenoxy) is 1. The van der Waals surface area contributed by atoms with Gasteiger partial charge in [0.25, 0.3) is 0 Å². The van der Waals surface area contributed by atoms with Crippen LogP contribution in [0, 0.1) is 11.6 Å². The summed E-state index contributed by atoms with van der Waals surface area (Å²) in [6.07, 6.45) is 0. The standard InChI is InChI=1S/C19H21F2N3OS/c1-25-17-8-3-2-7-16(17)22-19(26)24-11-9-23(10-12-24)13-14-5-4-6-15(20)18(14)21/h2-8H,9-13H2,1H3,(H,22,26). The summed E-state index contributed by atoms with van der Waals surface area (Å²) in [4.78, 5) is 4.17. The van der Waals surface area contributed by atoms with E-state index in [0.717, 1.165) is 43.7 Å². The highest BCUT2D eigenvalue weighted by atomic mass is 32.1. The number of benzene rings is 2. The monoisotopic (exact) mass is 377 g/mol. The third-order valence-electron chi connectivity index (χ3n) is 4.43. The minimum atomic E-state index is -0.802. The van der Waals surface area contributed by atoms with E-state index in [1.165, 1.54) is 6.07 Å². The molecule has 0 aromatic heterocycles. The fraction of sp³-hybridized carbons (Fsp3) is 0.316. The average molecular weight is 377 g/mol. The zero-order chi connectivity index (χ0) is 18.5. The molecular weight excluding hydrogens is 356 g/mol. The Labute approximate surface area is 157 Å². The van der Waals surface area contributed by atoms with Crippen molar-refractivity contribution in [2.24, 2.45) is 0 Å². The van der Waals surface area contributed by atoms with Crippen LogP contribution in [-0.4, -0.2) is 48.2 Å². The predicted octanol–water partition coefficient (Wildman–Crippen LogP) is 3.49. The molecule has 2 aromatic rings. The normalized spacial score (nSPS) is 15.0. The van der Waals surface area contributed by atoms with Crippen molar-refractivity contribution in [3.05, 3.63) is 59.7 Å². The van der Waals surface area contributed by atoms with E-state index < -0.39 is 11.6 Å². The molecule has 4 nitrogen and oxygen atoms in total. The maximum absolute atomic E-state index is 13.8. The van der Waals surface area contributed by atoms with Crippen LogP contribution >= 0.6 is 12.2 Å². The summed E-state index contributed by atoms with van der Waals surface area (Å²) in [5, 5.41) is 3.85. The SMILES string of the molecule is COc1ccccc1NC(=S)N1CCN(Cc2cccc(F)c2F)CC1. The van der Waals surface area contributed by atoms with Gasteiger partial charge in [0.1, 0.15) is 5.75 Å². The molecule has 0 saturated carbocycles. The summed E-state index contributed by atoms with van der Waals surface area (Å²) in [6.45, 7) is 3.29. The third kappa shape index (κ3) is 4.28. The van der Waals surface area contributed by atoms with Crippen LogP contribution in [0.1, 0.15) is 5.56 Å². The highest BCUT2D eigenvalue weighted by molar-refractivity contribution is 7.80. The van der Waals surface area contributed by atoms with Crippen LogP contribution in [0.25, 0.3) is 0 Å². The molecule has 26 heavy (non-hydrogen) atoms. The smallest absolute Gasteiger partial charge is 0.173 e. The first-order valence-electron chi connectivity index (χ1n) is 8.42. The minimum Gasteiger partial charge on any atom is -0.495 e. The van der Waals surface area contributed by atoms with Crippen molar-refractivity contribution in [2.45, 2.75) is 6.54 Å². The van der Waals surface area contributed by atoms with Gasteiger partial charge in [-0.05, 0) is 30.4 Å². The lowest BCUT2D eigenvalue weighted by Gasteiger charge is -2.36. The first-order valence-corrected chi connectivity index (χ1v) is 8.83. The van der Waals surface area contributed by atoms with E-state index in [0.29, 0.717) is 17.2 Å². The number of para-hydroxylation sites is 2. The van der Waals surface area contributed by atoms with E-state index in [1.54, 1.807) is 13.2 Å². The zero-order valence-electron chi connectivity index (χ0n) is 14.5. The van der Waals surface area contributed by atoms with E-state index in [1.807, 2.05) is 24.3 Å². The Morgan fingerprint density at radius 2 is 1.81 bits per heavy atom. The van der Waals surface area contributed by atoms with Gasteiger partial charge >= 0.3 is 0 Å². The van der Waals surface area contributed by atoms with Gasteiger partial charge in [-0.15, -0.1) is 0 Å². The first-order chi connectivity index (χ1) is 12.6. The molecule has 3 rings (SSSR count). The largest absolute Gasteiger partial charge is 0.495 e. The van der Waals surface area contributed by atoms with Crippen LogP contribution in [0.15, 0.2) is 42.5 Å². The molecule has 1 saturated heterocycles. The lowest BCUT2D eigenvalue weighted by atomic mass is 10.2. The molecular formula is C19H21F2N3OS. The summed E-state index contributed by atoms with van der Waals surface area (Å²) < 4.78 is 32.5. The van der Waals surface area contributed by atoms with Crippen LogP contribution in [0.3, 0.4) is 0 Å². The summed E-state index contributed by atoms with van der Waals surface area (Å²) in [6, 6.07) is 11.9. The topological polar surface area (TPSA) is 27.7 Å². The molecule has 1 N–H and O–H groups in total. The Morgan fingerprint density at radius 3 is 2.54 bits per heavy atom. The molecule has 0 radical (unpaired) electrons. The zero-order valence-corrected chi connectivity index (χ0v) is 15.4. The van der Waals surface area contributed by atoms with E-state index in [9.17, 15) is 8.78 Å². The Bertz CT molecular complexity index is 779. The Kier molecular flexibility index (Phi) is 6.00. The van der Waals surface area contributed by atoms with Crippen LogP contribution in [-0.2, 0) is 6.54 Å². The van der Waals surface area contributed by atoms with E-state index in [2.05, 4.69) is 15.1 Å². The minimum absolute atomic E-state index is 0.383. The molecule has 0 bridgehead atoms.